The van der Waals surface area contributed by atoms with E-state index >= 15 is 0 Å². The van der Waals surface area contributed by atoms with E-state index < -0.39 is 5.60 Å². The smallest absolute Gasteiger partial charge is 0.126 e. The SMILES string of the molecule is O=CC12CC3CC(CC(O)(C3)C1)C2. The molecule has 0 aromatic heterocycles. The summed E-state index contributed by atoms with van der Waals surface area (Å²) < 4.78 is 0. The van der Waals surface area contributed by atoms with Crippen molar-refractivity contribution >= 4 is 6.29 Å². The molecule has 4 bridgehead atoms. The minimum absolute atomic E-state index is 0.126. The second kappa shape index (κ2) is 2.17. The fourth-order valence-corrected chi connectivity index (χ4v) is 4.42. The molecular formula is C11H16O2. The molecular weight excluding hydrogens is 164 g/mol. The van der Waals surface area contributed by atoms with Gasteiger partial charge in [-0.15, -0.1) is 0 Å². The van der Waals surface area contributed by atoms with Gasteiger partial charge in [-0.2, -0.15) is 0 Å². The summed E-state index contributed by atoms with van der Waals surface area (Å²) in [4.78, 5) is 11.1. The van der Waals surface area contributed by atoms with E-state index in [1.54, 1.807) is 0 Å². The first-order valence-electron chi connectivity index (χ1n) is 5.32. The van der Waals surface area contributed by atoms with Crippen LogP contribution in [-0.2, 0) is 4.79 Å². The molecule has 0 aromatic rings. The Morgan fingerprint density at radius 2 is 1.77 bits per heavy atom. The molecule has 0 aliphatic heterocycles. The third kappa shape index (κ3) is 1.01. The van der Waals surface area contributed by atoms with Crippen molar-refractivity contribution in [2.75, 3.05) is 0 Å². The Balaban J connectivity index is 2.00. The molecule has 0 aromatic carbocycles. The Morgan fingerprint density at radius 3 is 2.23 bits per heavy atom. The van der Waals surface area contributed by atoms with Crippen LogP contribution >= 0.6 is 0 Å². The van der Waals surface area contributed by atoms with Gasteiger partial charge in [0.05, 0.1) is 5.60 Å². The van der Waals surface area contributed by atoms with Crippen LogP contribution < -0.4 is 0 Å². The van der Waals surface area contributed by atoms with Gasteiger partial charge in [0, 0.05) is 5.41 Å². The molecule has 0 saturated heterocycles. The molecule has 1 N–H and O–H groups in total. The number of carbonyl (C=O) groups is 1. The zero-order valence-electron chi connectivity index (χ0n) is 7.83. The van der Waals surface area contributed by atoms with Crippen LogP contribution in [0.1, 0.15) is 38.5 Å². The first-order chi connectivity index (χ1) is 6.13. The number of aldehydes is 1. The van der Waals surface area contributed by atoms with E-state index in [9.17, 15) is 9.90 Å². The topological polar surface area (TPSA) is 37.3 Å². The Kier molecular flexibility index (Phi) is 1.33. The van der Waals surface area contributed by atoms with Gasteiger partial charge in [-0.05, 0) is 50.4 Å². The third-order valence-corrected chi connectivity index (χ3v) is 4.33. The van der Waals surface area contributed by atoms with Crippen LogP contribution in [0.3, 0.4) is 0 Å². The standard InChI is InChI=1S/C11H16O2/c12-7-10-2-8-1-9(3-10)5-11(13,4-8)6-10/h7-9,13H,1-6H2. The van der Waals surface area contributed by atoms with Gasteiger partial charge in [0.15, 0.2) is 0 Å². The minimum Gasteiger partial charge on any atom is -0.390 e. The fourth-order valence-electron chi connectivity index (χ4n) is 4.42. The predicted molar refractivity (Wildman–Crippen MR) is 48.1 cm³/mol. The molecule has 4 aliphatic carbocycles. The minimum atomic E-state index is -0.467. The second-order valence-corrected chi connectivity index (χ2v) is 5.67. The molecule has 0 spiro atoms. The lowest BCUT2D eigenvalue weighted by Gasteiger charge is -2.58. The van der Waals surface area contributed by atoms with E-state index in [1.165, 1.54) is 6.42 Å². The summed E-state index contributed by atoms with van der Waals surface area (Å²) >= 11 is 0. The normalized spacial score (nSPS) is 58.2. The van der Waals surface area contributed by atoms with Crippen LogP contribution in [0.4, 0.5) is 0 Å². The molecule has 72 valence electrons. The van der Waals surface area contributed by atoms with E-state index in [0.717, 1.165) is 38.4 Å². The summed E-state index contributed by atoms with van der Waals surface area (Å²) in [6, 6.07) is 0. The summed E-state index contributed by atoms with van der Waals surface area (Å²) in [5.41, 5.74) is -0.593. The predicted octanol–water partition coefficient (Wildman–Crippen LogP) is 1.52. The summed E-state index contributed by atoms with van der Waals surface area (Å²) in [5.74, 6) is 1.27. The number of rotatable bonds is 1. The van der Waals surface area contributed by atoms with Crippen molar-refractivity contribution in [3.8, 4) is 0 Å². The van der Waals surface area contributed by atoms with Gasteiger partial charge in [0.2, 0.25) is 0 Å². The summed E-state index contributed by atoms with van der Waals surface area (Å²) in [6.07, 6.45) is 7.16. The highest BCUT2D eigenvalue weighted by Crippen LogP contribution is 2.60. The average Bonchev–Trinajstić information content (AvgIpc) is 1.99. The Hall–Kier alpha value is -0.370. The number of hydrogen-bond acceptors (Lipinski definition) is 2. The van der Waals surface area contributed by atoms with Gasteiger partial charge in [0.25, 0.3) is 0 Å². The molecule has 4 aliphatic rings. The van der Waals surface area contributed by atoms with Crippen molar-refractivity contribution in [3.63, 3.8) is 0 Å². The van der Waals surface area contributed by atoms with Gasteiger partial charge in [-0.1, -0.05) is 0 Å². The lowest BCUT2D eigenvalue weighted by Crippen LogP contribution is -2.56. The summed E-state index contributed by atoms with van der Waals surface area (Å²) in [7, 11) is 0. The second-order valence-electron chi connectivity index (χ2n) is 5.67. The molecule has 13 heavy (non-hydrogen) atoms. The highest BCUT2D eigenvalue weighted by atomic mass is 16.3. The third-order valence-electron chi connectivity index (χ3n) is 4.33. The molecule has 4 fully saturated rings. The van der Waals surface area contributed by atoms with Crippen LogP contribution in [0.15, 0.2) is 0 Å². The maximum atomic E-state index is 11.1. The number of aliphatic hydroxyl groups is 1. The molecule has 0 amide bonds. The zero-order valence-corrected chi connectivity index (χ0v) is 7.83. The zero-order chi connectivity index (χ0) is 9.10. The quantitative estimate of drug-likeness (QED) is 0.621. The largest absolute Gasteiger partial charge is 0.390 e. The van der Waals surface area contributed by atoms with E-state index in [0.29, 0.717) is 11.8 Å². The van der Waals surface area contributed by atoms with Crippen LogP contribution in [0.25, 0.3) is 0 Å². The van der Waals surface area contributed by atoms with Crippen LogP contribution in [0, 0.1) is 17.3 Å². The van der Waals surface area contributed by atoms with E-state index in [2.05, 4.69) is 0 Å². The molecule has 4 rings (SSSR count). The average molecular weight is 180 g/mol. The van der Waals surface area contributed by atoms with E-state index in [4.69, 9.17) is 0 Å². The number of hydrogen-bond donors (Lipinski definition) is 1. The highest BCUT2D eigenvalue weighted by molar-refractivity contribution is 5.61. The molecule has 0 heterocycles. The van der Waals surface area contributed by atoms with E-state index in [1.807, 2.05) is 0 Å². The van der Waals surface area contributed by atoms with Crippen molar-refractivity contribution in [1.29, 1.82) is 0 Å². The van der Waals surface area contributed by atoms with E-state index in [-0.39, 0.29) is 5.41 Å². The van der Waals surface area contributed by atoms with Crippen LogP contribution in [0.2, 0.25) is 0 Å². The molecule has 0 radical (unpaired) electrons. The fraction of sp³-hybridized carbons (Fsp3) is 0.909. The van der Waals surface area contributed by atoms with Gasteiger partial charge >= 0.3 is 0 Å². The maximum absolute atomic E-state index is 11.1. The van der Waals surface area contributed by atoms with Crippen molar-refractivity contribution in [1.82, 2.24) is 0 Å². The first-order valence-corrected chi connectivity index (χ1v) is 5.32. The first kappa shape index (κ1) is 7.98. The summed E-state index contributed by atoms with van der Waals surface area (Å²) in [6.45, 7) is 0. The van der Waals surface area contributed by atoms with Crippen molar-refractivity contribution in [3.05, 3.63) is 0 Å². The van der Waals surface area contributed by atoms with Crippen molar-refractivity contribution in [2.45, 2.75) is 44.1 Å². The Bertz CT molecular complexity index is 245. The monoisotopic (exact) mass is 180 g/mol. The Labute approximate surface area is 78.3 Å². The molecule has 4 saturated carbocycles. The maximum Gasteiger partial charge on any atom is 0.126 e. The van der Waals surface area contributed by atoms with Gasteiger partial charge in [-0.25, -0.2) is 0 Å². The molecule has 2 unspecified atom stereocenters. The van der Waals surface area contributed by atoms with Crippen LogP contribution in [0.5, 0.6) is 0 Å². The molecule has 2 atom stereocenters. The van der Waals surface area contributed by atoms with Gasteiger partial charge in [0.1, 0.15) is 6.29 Å². The molecule has 2 heteroatoms. The Morgan fingerprint density at radius 1 is 1.15 bits per heavy atom. The highest BCUT2D eigenvalue weighted by Gasteiger charge is 2.57. The van der Waals surface area contributed by atoms with Crippen molar-refractivity contribution < 1.29 is 9.90 Å². The molecule has 2 nitrogen and oxygen atoms in total. The number of carbonyl (C=O) groups excluding carboxylic acids is 1. The van der Waals surface area contributed by atoms with Gasteiger partial charge < -0.3 is 9.90 Å². The lowest BCUT2D eigenvalue weighted by atomic mass is 9.48. The van der Waals surface area contributed by atoms with Gasteiger partial charge in [-0.3, -0.25) is 0 Å². The summed E-state index contributed by atoms with van der Waals surface area (Å²) in [5, 5.41) is 10.2. The lowest BCUT2D eigenvalue weighted by molar-refractivity contribution is -0.167. The van der Waals surface area contributed by atoms with Crippen molar-refractivity contribution in [2.24, 2.45) is 17.3 Å². The van der Waals surface area contributed by atoms with Crippen LogP contribution in [-0.4, -0.2) is 17.0 Å².